The molecule has 128 valence electrons. The Labute approximate surface area is 148 Å². The van der Waals surface area contributed by atoms with Crippen LogP contribution in [0.1, 0.15) is 74.1 Å². The van der Waals surface area contributed by atoms with Crippen LogP contribution in [0.25, 0.3) is 0 Å². The van der Waals surface area contributed by atoms with Crippen LogP contribution in [0, 0.1) is 19.8 Å². The number of hydrogen-bond acceptors (Lipinski definition) is 0. The fourth-order valence-corrected chi connectivity index (χ4v) is 4.86. The summed E-state index contributed by atoms with van der Waals surface area (Å²) in [6.45, 7) is 6.89. The van der Waals surface area contributed by atoms with Crippen LogP contribution < -0.4 is 0 Å². The van der Waals surface area contributed by atoms with Gasteiger partial charge in [-0.15, -0.1) is 0 Å². The van der Waals surface area contributed by atoms with Crippen LogP contribution in [0.15, 0.2) is 48.5 Å². The second-order valence-corrected chi connectivity index (χ2v) is 7.80. The standard InChI is InChI=1S/C24H32/c1-4-5-12-21-15-17-24(18-16-21,22-13-8-6-10-19(22)2)23-14-9-7-11-20(23)3/h6-11,13-14,21H,4-5,12,15-18H2,1-3H3. The van der Waals surface area contributed by atoms with Crippen molar-refractivity contribution in [3.8, 4) is 0 Å². The first-order chi connectivity index (χ1) is 11.7. The summed E-state index contributed by atoms with van der Waals surface area (Å²) >= 11 is 0. The molecule has 2 aromatic rings. The van der Waals surface area contributed by atoms with Crippen molar-refractivity contribution < 1.29 is 0 Å². The van der Waals surface area contributed by atoms with E-state index in [4.69, 9.17) is 0 Å². The molecule has 0 aliphatic heterocycles. The molecule has 0 heteroatoms. The lowest BCUT2D eigenvalue weighted by Crippen LogP contribution is -2.34. The van der Waals surface area contributed by atoms with Gasteiger partial charge in [-0.1, -0.05) is 74.7 Å². The molecule has 3 rings (SSSR count). The van der Waals surface area contributed by atoms with Gasteiger partial charge in [0.1, 0.15) is 0 Å². The van der Waals surface area contributed by atoms with Crippen LogP contribution in [0.2, 0.25) is 0 Å². The van der Waals surface area contributed by atoms with E-state index in [0.717, 1.165) is 5.92 Å². The lowest BCUT2D eigenvalue weighted by molar-refractivity contribution is 0.250. The first-order valence-electron chi connectivity index (χ1n) is 9.79. The molecular formula is C24H32. The van der Waals surface area contributed by atoms with E-state index in [0.29, 0.717) is 0 Å². The summed E-state index contributed by atoms with van der Waals surface area (Å²) in [5.41, 5.74) is 6.25. The first kappa shape index (κ1) is 17.3. The molecule has 1 aliphatic rings. The number of unbranched alkanes of at least 4 members (excludes halogenated alkanes) is 1. The average molecular weight is 321 g/mol. The van der Waals surface area contributed by atoms with Gasteiger partial charge in [0.25, 0.3) is 0 Å². The molecule has 0 bridgehead atoms. The monoisotopic (exact) mass is 320 g/mol. The number of rotatable bonds is 5. The molecule has 24 heavy (non-hydrogen) atoms. The zero-order chi connectivity index (χ0) is 17.0. The highest BCUT2D eigenvalue weighted by atomic mass is 14.4. The molecule has 0 unspecified atom stereocenters. The summed E-state index contributed by atoms with van der Waals surface area (Å²) in [5, 5.41) is 0. The Morgan fingerprint density at radius 3 is 1.79 bits per heavy atom. The molecule has 0 spiro atoms. The van der Waals surface area contributed by atoms with Crippen LogP contribution in [0.4, 0.5) is 0 Å². The Morgan fingerprint density at radius 2 is 1.33 bits per heavy atom. The van der Waals surface area contributed by atoms with Gasteiger partial charge >= 0.3 is 0 Å². The van der Waals surface area contributed by atoms with Crippen molar-refractivity contribution in [2.75, 3.05) is 0 Å². The molecule has 1 fully saturated rings. The van der Waals surface area contributed by atoms with Crippen molar-refractivity contribution in [2.24, 2.45) is 5.92 Å². The molecule has 2 aromatic carbocycles. The molecule has 0 atom stereocenters. The van der Waals surface area contributed by atoms with Crippen LogP contribution in [0.3, 0.4) is 0 Å². The van der Waals surface area contributed by atoms with Crippen LogP contribution >= 0.6 is 0 Å². The van der Waals surface area contributed by atoms with Crippen molar-refractivity contribution in [2.45, 2.75) is 71.1 Å². The van der Waals surface area contributed by atoms with E-state index in [1.165, 1.54) is 56.1 Å². The number of aryl methyl sites for hydroxylation is 2. The van der Waals surface area contributed by atoms with Gasteiger partial charge in [-0.2, -0.15) is 0 Å². The largest absolute Gasteiger partial charge is 0.0654 e. The van der Waals surface area contributed by atoms with E-state index in [9.17, 15) is 0 Å². The normalized spacial score (nSPS) is 17.8. The fourth-order valence-electron chi connectivity index (χ4n) is 4.86. The summed E-state index contributed by atoms with van der Waals surface area (Å²) in [5.74, 6) is 0.936. The van der Waals surface area contributed by atoms with Crippen molar-refractivity contribution in [3.05, 3.63) is 70.8 Å². The third kappa shape index (κ3) is 3.29. The lowest BCUT2D eigenvalue weighted by Gasteiger charge is -2.43. The summed E-state index contributed by atoms with van der Waals surface area (Å²) < 4.78 is 0. The molecular weight excluding hydrogens is 288 g/mol. The summed E-state index contributed by atoms with van der Waals surface area (Å²) in [6.07, 6.45) is 9.51. The van der Waals surface area contributed by atoms with E-state index >= 15 is 0 Å². The molecule has 0 radical (unpaired) electrons. The minimum Gasteiger partial charge on any atom is -0.0654 e. The lowest BCUT2D eigenvalue weighted by atomic mass is 9.61. The van der Waals surface area contributed by atoms with Gasteiger partial charge in [-0.25, -0.2) is 0 Å². The smallest absolute Gasteiger partial charge is 0.0208 e. The van der Waals surface area contributed by atoms with Crippen molar-refractivity contribution >= 4 is 0 Å². The average Bonchev–Trinajstić information content (AvgIpc) is 2.61. The molecule has 0 aromatic heterocycles. The van der Waals surface area contributed by atoms with Gasteiger partial charge in [-0.3, -0.25) is 0 Å². The minimum absolute atomic E-state index is 0.222. The number of hydrogen-bond donors (Lipinski definition) is 0. The van der Waals surface area contributed by atoms with Crippen LogP contribution in [-0.2, 0) is 5.41 Å². The highest BCUT2D eigenvalue weighted by Crippen LogP contribution is 2.49. The summed E-state index contributed by atoms with van der Waals surface area (Å²) in [7, 11) is 0. The molecule has 1 aliphatic carbocycles. The van der Waals surface area contributed by atoms with Crippen LogP contribution in [0.5, 0.6) is 0 Å². The maximum atomic E-state index is 2.38. The van der Waals surface area contributed by atoms with Gasteiger partial charge in [0.05, 0.1) is 0 Å². The van der Waals surface area contributed by atoms with Gasteiger partial charge in [0.15, 0.2) is 0 Å². The van der Waals surface area contributed by atoms with Crippen molar-refractivity contribution in [1.29, 1.82) is 0 Å². The van der Waals surface area contributed by atoms with E-state index in [2.05, 4.69) is 69.3 Å². The van der Waals surface area contributed by atoms with Crippen molar-refractivity contribution in [3.63, 3.8) is 0 Å². The molecule has 0 heterocycles. The quantitative estimate of drug-likeness (QED) is 0.558. The van der Waals surface area contributed by atoms with E-state index in [1.54, 1.807) is 11.1 Å². The van der Waals surface area contributed by atoms with Gasteiger partial charge < -0.3 is 0 Å². The van der Waals surface area contributed by atoms with E-state index in [-0.39, 0.29) is 5.41 Å². The third-order valence-electron chi connectivity index (χ3n) is 6.25. The third-order valence-corrected chi connectivity index (χ3v) is 6.25. The number of benzene rings is 2. The Hall–Kier alpha value is -1.56. The zero-order valence-corrected chi connectivity index (χ0v) is 15.6. The molecule has 0 amide bonds. The van der Waals surface area contributed by atoms with E-state index in [1.807, 2.05) is 0 Å². The maximum absolute atomic E-state index is 2.38. The maximum Gasteiger partial charge on any atom is 0.0208 e. The highest BCUT2D eigenvalue weighted by molar-refractivity contribution is 5.46. The Balaban J connectivity index is 1.98. The summed E-state index contributed by atoms with van der Waals surface area (Å²) in [4.78, 5) is 0. The predicted octanol–water partition coefficient (Wildman–Crippen LogP) is 6.97. The minimum atomic E-state index is 0.222. The predicted molar refractivity (Wildman–Crippen MR) is 105 cm³/mol. The second-order valence-electron chi connectivity index (χ2n) is 7.80. The van der Waals surface area contributed by atoms with Gasteiger partial charge in [0.2, 0.25) is 0 Å². The van der Waals surface area contributed by atoms with Crippen LogP contribution in [-0.4, -0.2) is 0 Å². The van der Waals surface area contributed by atoms with Crippen molar-refractivity contribution in [1.82, 2.24) is 0 Å². The Morgan fingerprint density at radius 1 is 0.833 bits per heavy atom. The van der Waals surface area contributed by atoms with E-state index < -0.39 is 0 Å². The molecule has 1 saturated carbocycles. The summed E-state index contributed by atoms with van der Waals surface area (Å²) in [6, 6.07) is 18.2. The Kier molecular flexibility index (Phi) is 5.43. The topological polar surface area (TPSA) is 0 Å². The highest BCUT2D eigenvalue weighted by Gasteiger charge is 2.39. The SMILES string of the molecule is CCCCC1CCC(c2ccccc2C)(c2ccccc2C)CC1. The molecule has 0 saturated heterocycles. The Bertz CT molecular complexity index is 612. The zero-order valence-electron chi connectivity index (χ0n) is 15.6. The molecule has 0 nitrogen and oxygen atoms in total. The second kappa shape index (κ2) is 7.55. The van der Waals surface area contributed by atoms with Gasteiger partial charge in [-0.05, 0) is 67.7 Å². The van der Waals surface area contributed by atoms with Gasteiger partial charge in [0, 0.05) is 5.41 Å². The molecule has 0 N–H and O–H groups in total. The fraction of sp³-hybridized carbons (Fsp3) is 0.500. The first-order valence-corrected chi connectivity index (χ1v) is 9.79.